The molecule has 2 aromatic carbocycles. The minimum absolute atomic E-state index is 0.0531. The fourth-order valence-electron chi connectivity index (χ4n) is 3.03. The van der Waals surface area contributed by atoms with Crippen LogP contribution in [0.4, 0.5) is 17.1 Å². The van der Waals surface area contributed by atoms with Crippen LogP contribution >= 0.6 is 0 Å². The summed E-state index contributed by atoms with van der Waals surface area (Å²) < 4.78 is 5.10. The molecule has 8 nitrogen and oxygen atoms in total. The van der Waals surface area contributed by atoms with Crippen molar-refractivity contribution in [3.8, 4) is 5.75 Å². The van der Waals surface area contributed by atoms with Crippen molar-refractivity contribution in [1.82, 2.24) is 0 Å². The highest BCUT2D eigenvalue weighted by atomic mass is 16.6. The summed E-state index contributed by atoms with van der Waals surface area (Å²) >= 11 is 0. The number of nitrogens with one attached hydrogen (secondary N) is 1. The topological polar surface area (TPSA) is 102 Å². The lowest BCUT2D eigenvalue weighted by Gasteiger charge is -2.17. The quantitative estimate of drug-likeness (QED) is 0.645. The number of nitro groups is 1. The van der Waals surface area contributed by atoms with Gasteiger partial charge in [0.1, 0.15) is 11.4 Å². The van der Waals surface area contributed by atoms with Crippen LogP contribution in [0.15, 0.2) is 42.5 Å². The van der Waals surface area contributed by atoms with Crippen LogP contribution in [0.1, 0.15) is 12.0 Å². The molecule has 27 heavy (non-hydrogen) atoms. The van der Waals surface area contributed by atoms with Crippen molar-refractivity contribution in [2.24, 2.45) is 5.92 Å². The molecule has 1 heterocycles. The Hall–Kier alpha value is -3.42. The van der Waals surface area contributed by atoms with Crippen LogP contribution in [-0.2, 0) is 9.59 Å². The first-order valence-corrected chi connectivity index (χ1v) is 8.39. The van der Waals surface area contributed by atoms with E-state index < -0.39 is 16.7 Å². The Bertz CT molecular complexity index is 895. The van der Waals surface area contributed by atoms with Gasteiger partial charge in [-0.15, -0.1) is 0 Å². The number of amides is 2. The highest BCUT2D eigenvalue weighted by molar-refractivity contribution is 6.04. The molecule has 0 radical (unpaired) electrons. The number of aryl methyl sites for hydroxylation is 1. The molecule has 3 rings (SSSR count). The highest BCUT2D eigenvalue weighted by Gasteiger charge is 2.35. The average molecular weight is 369 g/mol. The third-order valence-corrected chi connectivity index (χ3v) is 4.49. The zero-order chi connectivity index (χ0) is 19.6. The summed E-state index contributed by atoms with van der Waals surface area (Å²) in [7, 11) is 1.56. The van der Waals surface area contributed by atoms with Gasteiger partial charge in [0.05, 0.1) is 18.0 Å². The van der Waals surface area contributed by atoms with Crippen LogP contribution < -0.4 is 15.0 Å². The summed E-state index contributed by atoms with van der Waals surface area (Å²) in [6.45, 7) is 1.96. The summed E-state index contributed by atoms with van der Waals surface area (Å²) in [6.07, 6.45) is 0.0531. The second-order valence-corrected chi connectivity index (χ2v) is 6.37. The van der Waals surface area contributed by atoms with Crippen molar-refractivity contribution >= 4 is 28.9 Å². The molecule has 1 fully saturated rings. The fourth-order valence-corrected chi connectivity index (χ4v) is 3.03. The SMILES string of the molecule is COc1ccc(N2C[C@@H](C(=O)Nc3ccc(C)cc3[N+](=O)[O-])CC2=O)cc1. The first-order valence-electron chi connectivity index (χ1n) is 8.39. The Labute approximate surface area is 155 Å². The molecular weight excluding hydrogens is 350 g/mol. The van der Waals surface area contributed by atoms with Gasteiger partial charge >= 0.3 is 0 Å². The number of nitrogens with zero attached hydrogens (tertiary/aromatic N) is 2. The lowest BCUT2D eigenvalue weighted by atomic mass is 10.1. The Morgan fingerprint density at radius 2 is 1.96 bits per heavy atom. The normalized spacial score (nSPS) is 16.3. The van der Waals surface area contributed by atoms with Crippen LogP contribution in [0, 0.1) is 23.0 Å². The standard InChI is InChI=1S/C19H19N3O5/c1-12-3-8-16(17(9-12)22(25)26)20-19(24)13-10-18(23)21(11-13)14-4-6-15(27-2)7-5-14/h3-9,13H,10-11H2,1-2H3,(H,20,24)/t13-/m0/s1. The maximum atomic E-state index is 12.6. The fraction of sp³-hybridized carbons (Fsp3) is 0.263. The number of anilines is 2. The number of ether oxygens (including phenoxy) is 1. The molecule has 0 spiro atoms. The van der Waals surface area contributed by atoms with E-state index in [1.165, 1.54) is 17.0 Å². The van der Waals surface area contributed by atoms with E-state index in [0.29, 0.717) is 11.4 Å². The summed E-state index contributed by atoms with van der Waals surface area (Å²) in [5, 5.41) is 13.8. The number of methoxy groups -OCH3 is 1. The monoisotopic (exact) mass is 369 g/mol. The van der Waals surface area contributed by atoms with Gasteiger partial charge in [-0.25, -0.2) is 0 Å². The maximum Gasteiger partial charge on any atom is 0.293 e. The molecule has 0 aliphatic carbocycles. The molecule has 2 amide bonds. The van der Waals surface area contributed by atoms with E-state index in [1.54, 1.807) is 44.4 Å². The average Bonchev–Trinajstić information content (AvgIpc) is 3.05. The van der Waals surface area contributed by atoms with Crippen molar-refractivity contribution in [1.29, 1.82) is 0 Å². The maximum absolute atomic E-state index is 12.6. The minimum atomic E-state index is -0.583. The predicted molar refractivity (Wildman–Crippen MR) is 99.9 cm³/mol. The number of carbonyl (C=O) groups excluding carboxylic acids is 2. The zero-order valence-corrected chi connectivity index (χ0v) is 15.0. The Morgan fingerprint density at radius 1 is 1.26 bits per heavy atom. The van der Waals surface area contributed by atoms with E-state index in [-0.39, 0.29) is 30.2 Å². The van der Waals surface area contributed by atoms with Crippen LogP contribution in [0.2, 0.25) is 0 Å². The Balaban J connectivity index is 1.73. The van der Waals surface area contributed by atoms with Crippen LogP contribution in [-0.4, -0.2) is 30.4 Å². The van der Waals surface area contributed by atoms with Crippen molar-refractivity contribution in [3.63, 3.8) is 0 Å². The second-order valence-electron chi connectivity index (χ2n) is 6.37. The summed E-state index contributed by atoms with van der Waals surface area (Å²) in [5.41, 5.74) is 1.37. The molecule has 0 bridgehead atoms. The molecule has 1 saturated heterocycles. The largest absolute Gasteiger partial charge is 0.497 e. The van der Waals surface area contributed by atoms with E-state index in [0.717, 1.165) is 5.56 Å². The molecule has 1 aliphatic heterocycles. The van der Waals surface area contributed by atoms with Crippen LogP contribution in [0.5, 0.6) is 5.75 Å². The molecule has 1 aliphatic rings. The van der Waals surface area contributed by atoms with Gasteiger partial charge in [-0.3, -0.25) is 19.7 Å². The lowest BCUT2D eigenvalue weighted by Crippen LogP contribution is -2.28. The van der Waals surface area contributed by atoms with Crippen molar-refractivity contribution in [2.45, 2.75) is 13.3 Å². The van der Waals surface area contributed by atoms with Gasteiger partial charge in [-0.1, -0.05) is 6.07 Å². The van der Waals surface area contributed by atoms with Gasteiger partial charge in [0.2, 0.25) is 11.8 Å². The van der Waals surface area contributed by atoms with Gasteiger partial charge in [-0.2, -0.15) is 0 Å². The number of nitro benzene ring substituents is 1. The van der Waals surface area contributed by atoms with Gasteiger partial charge in [0, 0.05) is 24.7 Å². The Kier molecular flexibility index (Phi) is 5.07. The molecule has 8 heteroatoms. The van der Waals surface area contributed by atoms with Gasteiger partial charge in [-0.05, 0) is 42.8 Å². The minimum Gasteiger partial charge on any atom is -0.497 e. The molecule has 1 N–H and O–H groups in total. The summed E-state index contributed by atoms with van der Waals surface area (Å²) in [5.74, 6) is -0.489. The van der Waals surface area contributed by atoms with Crippen LogP contribution in [0.3, 0.4) is 0 Å². The first kappa shape index (κ1) is 18.4. The smallest absolute Gasteiger partial charge is 0.293 e. The summed E-state index contributed by atoms with van der Waals surface area (Å²) in [4.78, 5) is 37.1. The van der Waals surface area contributed by atoms with Crippen molar-refractivity contribution < 1.29 is 19.2 Å². The van der Waals surface area contributed by atoms with E-state index in [4.69, 9.17) is 4.74 Å². The predicted octanol–water partition coefficient (Wildman–Crippen LogP) is 2.90. The molecule has 1 atom stereocenters. The molecule has 0 unspecified atom stereocenters. The molecular formula is C19H19N3O5. The van der Waals surface area contributed by atoms with E-state index in [2.05, 4.69) is 5.32 Å². The van der Waals surface area contributed by atoms with E-state index in [1.807, 2.05) is 0 Å². The third kappa shape index (κ3) is 3.89. The zero-order valence-electron chi connectivity index (χ0n) is 15.0. The third-order valence-electron chi connectivity index (χ3n) is 4.49. The number of carbonyl (C=O) groups is 2. The molecule has 0 saturated carbocycles. The number of hydrogen-bond acceptors (Lipinski definition) is 5. The van der Waals surface area contributed by atoms with Gasteiger partial charge in [0.15, 0.2) is 0 Å². The molecule has 140 valence electrons. The molecule has 2 aromatic rings. The number of rotatable bonds is 5. The van der Waals surface area contributed by atoms with Crippen molar-refractivity contribution in [3.05, 3.63) is 58.1 Å². The summed E-state index contributed by atoms with van der Waals surface area (Å²) in [6, 6.07) is 11.6. The van der Waals surface area contributed by atoms with Crippen LogP contribution in [0.25, 0.3) is 0 Å². The molecule has 0 aromatic heterocycles. The Morgan fingerprint density at radius 3 is 2.59 bits per heavy atom. The van der Waals surface area contributed by atoms with Crippen molar-refractivity contribution in [2.75, 3.05) is 23.9 Å². The van der Waals surface area contributed by atoms with E-state index >= 15 is 0 Å². The lowest BCUT2D eigenvalue weighted by molar-refractivity contribution is -0.384. The number of hydrogen-bond donors (Lipinski definition) is 1. The first-order chi connectivity index (χ1) is 12.9. The second kappa shape index (κ2) is 7.45. The van der Waals surface area contributed by atoms with Gasteiger partial charge in [0.25, 0.3) is 5.69 Å². The highest BCUT2D eigenvalue weighted by Crippen LogP contribution is 2.30. The number of benzene rings is 2. The van der Waals surface area contributed by atoms with E-state index in [9.17, 15) is 19.7 Å². The van der Waals surface area contributed by atoms with Gasteiger partial charge < -0.3 is 15.0 Å².